The number of hydrogen-bond donors (Lipinski definition) is 0. The highest BCUT2D eigenvalue weighted by Crippen LogP contribution is 2.38. The molecule has 0 amide bonds. The van der Waals surface area contributed by atoms with E-state index in [4.69, 9.17) is 27.9 Å². The van der Waals surface area contributed by atoms with E-state index in [1.807, 2.05) is 25.1 Å². The number of alkyl halides is 1. The number of nitrogens with zero attached hydrogens (tertiary/aromatic N) is 2. The van der Waals surface area contributed by atoms with Gasteiger partial charge in [0.25, 0.3) is 0 Å². The van der Waals surface area contributed by atoms with E-state index < -0.39 is 0 Å². The van der Waals surface area contributed by atoms with E-state index in [1.165, 1.54) is 6.42 Å². The van der Waals surface area contributed by atoms with Gasteiger partial charge in [0.2, 0.25) is 0 Å². The number of aromatic nitrogens is 2. The van der Waals surface area contributed by atoms with E-state index in [1.54, 1.807) is 7.11 Å². The Bertz CT molecular complexity index is 624. The van der Waals surface area contributed by atoms with E-state index in [0.29, 0.717) is 11.1 Å². The van der Waals surface area contributed by atoms with Gasteiger partial charge in [0.05, 0.1) is 28.6 Å². The van der Waals surface area contributed by atoms with E-state index in [9.17, 15) is 0 Å². The third kappa shape index (κ3) is 2.32. The summed E-state index contributed by atoms with van der Waals surface area (Å²) in [7, 11) is 1.78. The summed E-state index contributed by atoms with van der Waals surface area (Å²) >= 11 is 12.4. The molecule has 0 radical (unpaired) electrons. The van der Waals surface area contributed by atoms with Crippen LogP contribution in [0.1, 0.15) is 43.4 Å². The van der Waals surface area contributed by atoms with Crippen LogP contribution < -0.4 is 0 Å². The zero-order chi connectivity index (χ0) is 14.3. The van der Waals surface area contributed by atoms with Crippen molar-refractivity contribution in [3.05, 3.63) is 29.0 Å². The van der Waals surface area contributed by atoms with Gasteiger partial charge in [-0.15, -0.1) is 11.6 Å². The smallest absolute Gasteiger partial charge is 0.128 e. The SMILES string of the molecule is COC1CCCC1n1c(C(C)Cl)nc2cc(Cl)ccc21. The largest absolute Gasteiger partial charge is 0.379 e. The van der Waals surface area contributed by atoms with Crippen LogP contribution >= 0.6 is 23.2 Å². The maximum atomic E-state index is 6.33. The lowest BCUT2D eigenvalue weighted by molar-refractivity contribution is 0.0753. The zero-order valence-electron chi connectivity index (χ0n) is 11.6. The Morgan fingerprint density at radius 3 is 2.90 bits per heavy atom. The fraction of sp³-hybridized carbons (Fsp3) is 0.533. The number of methoxy groups -OCH3 is 1. The van der Waals surface area contributed by atoms with Crippen LogP contribution in [0.15, 0.2) is 18.2 Å². The summed E-state index contributed by atoms with van der Waals surface area (Å²) in [6, 6.07) is 6.13. The van der Waals surface area contributed by atoms with E-state index in [-0.39, 0.29) is 11.5 Å². The third-order valence-electron chi connectivity index (χ3n) is 4.09. The summed E-state index contributed by atoms with van der Waals surface area (Å²) in [6.45, 7) is 1.96. The van der Waals surface area contributed by atoms with Gasteiger partial charge < -0.3 is 9.30 Å². The van der Waals surface area contributed by atoms with Crippen molar-refractivity contribution in [2.24, 2.45) is 0 Å². The minimum Gasteiger partial charge on any atom is -0.379 e. The molecule has 3 atom stereocenters. The van der Waals surface area contributed by atoms with Crippen molar-refractivity contribution in [3.8, 4) is 0 Å². The number of imidazole rings is 1. The molecule has 3 unspecified atom stereocenters. The number of hydrogen-bond acceptors (Lipinski definition) is 2. The normalized spacial score (nSPS) is 24.4. The fourth-order valence-electron chi connectivity index (χ4n) is 3.20. The number of benzene rings is 1. The first-order valence-electron chi connectivity index (χ1n) is 6.96. The Morgan fingerprint density at radius 2 is 2.20 bits per heavy atom. The van der Waals surface area contributed by atoms with Gasteiger partial charge >= 0.3 is 0 Å². The molecule has 1 aromatic heterocycles. The van der Waals surface area contributed by atoms with Crippen molar-refractivity contribution in [2.75, 3.05) is 7.11 Å². The summed E-state index contributed by atoms with van der Waals surface area (Å²) in [6.07, 6.45) is 3.59. The van der Waals surface area contributed by atoms with Gasteiger partial charge in [0.1, 0.15) is 5.82 Å². The van der Waals surface area contributed by atoms with E-state index in [2.05, 4.69) is 9.55 Å². The first-order valence-corrected chi connectivity index (χ1v) is 7.77. The molecule has 3 rings (SSSR count). The summed E-state index contributed by atoms with van der Waals surface area (Å²) in [5.41, 5.74) is 1.99. The predicted molar refractivity (Wildman–Crippen MR) is 82.7 cm³/mol. The molecule has 3 nitrogen and oxygen atoms in total. The molecular formula is C15H18Cl2N2O. The maximum absolute atomic E-state index is 6.33. The predicted octanol–water partition coefficient (Wildman–Crippen LogP) is 4.73. The molecule has 0 aliphatic heterocycles. The van der Waals surface area contributed by atoms with Crippen LogP contribution in [-0.2, 0) is 4.74 Å². The van der Waals surface area contributed by atoms with Gasteiger partial charge in [-0.1, -0.05) is 11.6 Å². The lowest BCUT2D eigenvalue weighted by atomic mass is 10.2. The van der Waals surface area contributed by atoms with Crippen LogP contribution in [0.3, 0.4) is 0 Å². The van der Waals surface area contributed by atoms with Crippen molar-refractivity contribution in [2.45, 2.75) is 43.7 Å². The standard InChI is InChI=1S/C15H18Cl2N2O/c1-9(16)15-18-11-8-10(17)6-7-12(11)19(15)13-4-3-5-14(13)20-2/h6-9,13-14H,3-5H2,1-2H3. The molecule has 0 saturated heterocycles. The molecule has 20 heavy (non-hydrogen) atoms. The number of fused-ring (bicyclic) bond motifs is 1. The molecule has 1 aliphatic carbocycles. The monoisotopic (exact) mass is 312 g/mol. The van der Waals surface area contributed by atoms with Crippen LogP contribution in [0.5, 0.6) is 0 Å². The molecule has 1 heterocycles. The van der Waals surface area contributed by atoms with E-state index >= 15 is 0 Å². The van der Waals surface area contributed by atoms with Crippen molar-refractivity contribution < 1.29 is 4.74 Å². The van der Waals surface area contributed by atoms with Crippen molar-refractivity contribution >= 4 is 34.2 Å². The van der Waals surface area contributed by atoms with Gasteiger partial charge in [-0.05, 0) is 44.4 Å². The maximum Gasteiger partial charge on any atom is 0.128 e. The first-order chi connectivity index (χ1) is 9.61. The Labute approximate surface area is 128 Å². The van der Waals surface area contributed by atoms with Crippen LogP contribution in [-0.4, -0.2) is 22.8 Å². The van der Waals surface area contributed by atoms with Crippen LogP contribution in [0, 0.1) is 0 Å². The van der Waals surface area contributed by atoms with Crippen molar-refractivity contribution in [1.29, 1.82) is 0 Å². The van der Waals surface area contributed by atoms with Crippen molar-refractivity contribution in [1.82, 2.24) is 9.55 Å². The highest BCUT2D eigenvalue weighted by atomic mass is 35.5. The van der Waals surface area contributed by atoms with Gasteiger partial charge in [-0.25, -0.2) is 4.98 Å². The molecule has 0 N–H and O–H groups in total. The number of ether oxygens (including phenoxy) is 1. The summed E-state index contributed by atoms with van der Waals surface area (Å²) < 4.78 is 7.89. The molecule has 0 bridgehead atoms. The average molecular weight is 313 g/mol. The van der Waals surface area contributed by atoms with Gasteiger partial charge in [-0.2, -0.15) is 0 Å². The van der Waals surface area contributed by atoms with Crippen LogP contribution in [0.2, 0.25) is 5.02 Å². The molecule has 1 aliphatic rings. The molecule has 2 aromatic rings. The molecule has 0 spiro atoms. The molecule has 1 saturated carbocycles. The topological polar surface area (TPSA) is 27.1 Å². The van der Waals surface area contributed by atoms with Crippen LogP contribution in [0.25, 0.3) is 11.0 Å². The average Bonchev–Trinajstić information content (AvgIpc) is 3.00. The second-order valence-corrected chi connectivity index (χ2v) is 6.45. The van der Waals surface area contributed by atoms with Gasteiger partial charge in [-0.3, -0.25) is 0 Å². The Hall–Kier alpha value is -0.770. The summed E-state index contributed by atoms with van der Waals surface area (Å²) in [4.78, 5) is 4.68. The Balaban J connectivity index is 2.18. The second kappa shape index (κ2) is 5.55. The highest BCUT2D eigenvalue weighted by Gasteiger charge is 2.32. The Morgan fingerprint density at radius 1 is 1.40 bits per heavy atom. The Kier molecular flexibility index (Phi) is 3.93. The zero-order valence-corrected chi connectivity index (χ0v) is 13.2. The lowest BCUT2D eigenvalue weighted by Gasteiger charge is -2.23. The third-order valence-corrected chi connectivity index (χ3v) is 4.52. The molecule has 1 fully saturated rings. The molecular weight excluding hydrogens is 295 g/mol. The summed E-state index contributed by atoms with van der Waals surface area (Å²) in [5, 5.41) is 0.560. The minimum atomic E-state index is -0.140. The quantitative estimate of drug-likeness (QED) is 0.766. The molecule has 5 heteroatoms. The molecule has 108 valence electrons. The van der Waals surface area contributed by atoms with Crippen molar-refractivity contribution in [3.63, 3.8) is 0 Å². The number of rotatable bonds is 3. The van der Waals surface area contributed by atoms with E-state index in [0.717, 1.165) is 29.7 Å². The van der Waals surface area contributed by atoms with Gasteiger partial charge in [0.15, 0.2) is 0 Å². The highest BCUT2D eigenvalue weighted by molar-refractivity contribution is 6.31. The first kappa shape index (κ1) is 14.2. The minimum absolute atomic E-state index is 0.140. The number of halogens is 2. The second-order valence-electron chi connectivity index (χ2n) is 5.36. The fourth-order valence-corrected chi connectivity index (χ4v) is 3.52. The summed E-state index contributed by atoms with van der Waals surface area (Å²) in [5.74, 6) is 0.901. The lowest BCUT2D eigenvalue weighted by Crippen LogP contribution is -2.22. The van der Waals surface area contributed by atoms with Crippen LogP contribution in [0.4, 0.5) is 0 Å². The molecule has 1 aromatic carbocycles. The van der Waals surface area contributed by atoms with Gasteiger partial charge in [0, 0.05) is 12.1 Å².